The molecule has 1 atom stereocenters. The zero-order valence-corrected chi connectivity index (χ0v) is 14.3. The molecule has 21 heavy (non-hydrogen) atoms. The molecule has 1 aromatic rings. The van der Waals surface area contributed by atoms with Gasteiger partial charge in [-0.05, 0) is 31.0 Å². The van der Waals surface area contributed by atoms with Crippen LogP contribution in [0, 0.1) is 6.92 Å². The maximum atomic E-state index is 12.7. The van der Waals surface area contributed by atoms with Crippen LogP contribution < -0.4 is 0 Å². The van der Waals surface area contributed by atoms with E-state index >= 15 is 0 Å². The van der Waals surface area contributed by atoms with E-state index in [1.807, 2.05) is 0 Å². The standard InChI is InChI=1S/C13H18ClNO4S2/c1-3-15(11-6-7-20(16,17)9-11)21(18,19)12-5-4-10(2)13(14)8-12/h4-5,8,11H,3,6-7,9H2,1-2H3. The summed E-state index contributed by atoms with van der Waals surface area (Å²) in [6.45, 7) is 3.73. The van der Waals surface area contributed by atoms with Gasteiger partial charge in [0.2, 0.25) is 10.0 Å². The summed E-state index contributed by atoms with van der Waals surface area (Å²) in [5, 5.41) is 0.381. The first-order chi connectivity index (χ1) is 9.67. The van der Waals surface area contributed by atoms with E-state index in [1.54, 1.807) is 19.9 Å². The molecule has 8 heteroatoms. The van der Waals surface area contributed by atoms with E-state index in [4.69, 9.17) is 11.6 Å². The van der Waals surface area contributed by atoms with E-state index in [1.165, 1.54) is 16.4 Å². The smallest absolute Gasteiger partial charge is 0.229 e. The summed E-state index contributed by atoms with van der Waals surface area (Å²) in [6, 6.07) is 4.07. The van der Waals surface area contributed by atoms with Gasteiger partial charge in [0, 0.05) is 17.6 Å². The average Bonchev–Trinajstić information content (AvgIpc) is 2.73. The summed E-state index contributed by atoms with van der Waals surface area (Å²) in [5.74, 6) is -0.0714. The largest absolute Gasteiger partial charge is 0.243 e. The highest BCUT2D eigenvalue weighted by molar-refractivity contribution is 7.92. The molecule has 0 aromatic heterocycles. The Morgan fingerprint density at radius 3 is 2.52 bits per heavy atom. The van der Waals surface area contributed by atoms with Crippen LogP contribution in [0.1, 0.15) is 18.9 Å². The van der Waals surface area contributed by atoms with Crippen molar-refractivity contribution in [1.82, 2.24) is 4.31 Å². The Labute approximate surface area is 130 Å². The highest BCUT2D eigenvalue weighted by Crippen LogP contribution is 2.27. The van der Waals surface area contributed by atoms with Gasteiger partial charge in [-0.15, -0.1) is 0 Å². The molecular weight excluding hydrogens is 334 g/mol. The van der Waals surface area contributed by atoms with Crippen LogP contribution in [0.5, 0.6) is 0 Å². The SMILES string of the molecule is CCN(C1CCS(=O)(=O)C1)S(=O)(=O)c1ccc(C)c(Cl)c1. The van der Waals surface area contributed by atoms with Crippen molar-refractivity contribution in [2.24, 2.45) is 0 Å². The van der Waals surface area contributed by atoms with Gasteiger partial charge in [0.25, 0.3) is 0 Å². The lowest BCUT2D eigenvalue weighted by atomic mass is 10.2. The molecule has 2 rings (SSSR count). The van der Waals surface area contributed by atoms with Crippen molar-refractivity contribution in [1.29, 1.82) is 0 Å². The number of halogens is 1. The van der Waals surface area contributed by atoms with Crippen LogP contribution in [0.25, 0.3) is 0 Å². The average molecular weight is 352 g/mol. The van der Waals surface area contributed by atoms with E-state index < -0.39 is 25.9 Å². The predicted molar refractivity (Wildman–Crippen MR) is 82.8 cm³/mol. The zero-order valence-electron chi connectivity index (χ0n) is 11.9. The van der Waals surface area contributed by atoms with E-state index in [-0.39, 0.29) is 22.9 Å². The van der Waals surface area contributed by atoms with Gasteiger partial charge in [-0.2, -0.15) is 4.31 Å². The Hall–Kier alpha value is -0.630. The summed E-state index contributed by atoms with van der Waals surface area (Å²) >= 11 is 5.99. The van der Waals surface area contributed by atoms with Crippen LogP contribution in [0.15, 0.2) is 23.1 Å². The molecule has 1 heterocycles. The maximum absolute atomic E-state index is 12.7. The molecule has 1 aliphatic heterocycles. The van der Waals surface area contributed by atoms with Gasteiger partial charge >= 0.3 is 0 Å². The highest BCUT2D eigenvalue weighted by atomic mass is 35.5. The normalized spacial score (nSPS) is 21.8. The van der Waals surface area contributed by atoms with Crippen molar-refractivity contribution in [2.45, 2.75) is 31.2 Å². The zero-order chi connectivity index (χ0) is 15.8. The molecule has 0 amide bonds. The third kappa shape index (κ3) is 3.41. The summed E-state index contributed by atoms with van der Waals surface area (Å²) in [4.78, 5) is 0.101. The minimum atomic E-state index is -3.74. The molecule has 0 saturated carbocycles. The molecular formula is C13H18ClNO4S2. The maximum Gasteiger partial charge on any atom is 0.243 e. The number of nitrogens with zero attached hydrogens (tertiary/aromatic N) is 1. The number of sulfonamides is 1. The van der Waals surface area contributed by atoms with Crippen LogP contribution in [0.2, 0.25) is 5.02 Å². The van der Waals surface area contributed by atoms with E-state index in [0.29, 0.717) is 11.4 Å². The second-order valence-electron chi connectivity index (χ2n) is 5.18. The highest BCUT2D eigenvalue weighted by Gasteiger charge is 2.37. The lowest BCUT2D eigenvalue weighted by molar-refractivity contribution is 0.354. The fourth-order valence-electron chi connectivity index (χ4n) is 2.50. The third-order valence-corrected chi connectivity index (χ3v) is 7.86. The molecule has 1 saturated heterocycles. The number of aryl methyl sites for hydroxylation is 1. The predicted octanol–water partition coefficient (Wildman–Crippen LogP) is 1.85. The van der Waals surface area contributed by atoms with E-state index in [2.05, 4.69) is 0 Å². The van der Waals surface area contributed by atoms with Crippen molar-refractivity contribution in [3.05, 3.63) is 28.8 Å². The first-order valence-electron chi connectivity index (χ1n) is 6.66. The topological polar surface area (TPSA) is 71.5 Å². The van der Waals surface area contributed by atoms with Crippen molar-refractivity contribution in [3.8, 4) is 0 Å². The Kier molecular flexibility index (Phi) is 4.68. The van der Waals surface area contributed by atoms with Gasteiger partial charge < -0.3 is 0 Å². The molecule has 0 N–H and O–H groups in total. The fraction of sp³-hybridized carbons (Fsp3) is 0.538. The second kappa shape index (κ2) is 5.87. The molecule has 118 valence electrons. The van der Waals surface area contributed by atoms with Crippen LogP contribution in [0.3, 0.4) is 0 Å². The monoisotopic (exact) mass is 351 g/mol. The number of hydrogen-bond donors (Lipinski definition) is 0. The van der Waals surface area contributed by atoms with Gasteiger partial charge in [0.1, 0.15) is 0 Å². The molecule has 0 aliphatic carbocycles. The molecule has 1 aliphatic rings. The Balaban J connectivity index is 2.38. The molecule has 1 fully saturated rings. The van der Waals surface area contributed by atoms with Crippen LogP contribution in [-0.2, 0) is 19.9 Å². The van der Waals surface area contributed by atoms with Crippen molar-refractivity contribution >= 4 is 31.5 Å². The number of sulfone groups is 1. The number of benzene rings is 1. The Bertz CT molecular complexity index is 743. The summed E-state index contributed by atoms with van der Waals surface area (Å²) in [5.41, 5.74) is 0.794. The van der Waals surface area contributed by atoms with Crippen molar-refractivity contribution < 1.29 is 16.8 Å². The number of rotatable bonds is 4. The van der Waals surface area contributed by atoms with Gasteiger partial charge in [-0.1, -0.05) is 24.6 Å². The summed E-state index contributed by atoms with van der Waals surface area (Å²) in [6.07, 6.45) is 0.342. The van der Waals surface area contributed by atoms with Crippen LogP contribution >= 0.6 is 11.6 Å². The quantitative estimate of drug-likeness (QED) is 0.829. The van der Waals surface area contributed by atoms with Gasteiger partial charge in [-0.3, -0.25) is 0 Å². The van der Waals surface area contributed by atoms with Crippen molar-refractivity contribution in [2.75, 3.05) is 18.1 Å². The number of hydrogen-bond acceptors (Lipinski definition) is 4. The molecule has 5 nitrogen and oxygen atoms in total. The van der Waals surface area contributed by atoms with Crippen LogP contribution in [-0.4, -0.2) is 45.2 Å². The molecule has 0 radical (unpaired) electrons. The third-order valence-electron chi connectivity index (χ3n) is 3.68. The van der Waals surface area contributed by atoms with Crippen LogP contribution in [0.4, 0.5) is 0 Å². The van der Waals surface area contributed by atoms with Crippen molar-refractivity contribution in [3.63, 3.8) is 0 Å². The first-order valence-corrected chi connectivity index (χ1v) is 10.3. The lowest BCUT2D eigenvalue weighted by Crippen LogP contribution is -2.40. The molecule has 1 aromatic carbocycles. The summed E-state index contributed by atoms with van der Waals surface area (Å²) < 4.78 is 49.8. The summed E-state index contributed by atoms with van der Waals surface area (Å²) in [7, 11) is -6.88. The Morgan fingerprint density at radius 2 is 2.05 bits per heavy atom. The minimum absolute atomic E-state index is 0.0400. The van der Waals surface area contributed by atoms with Gasteiger partial charge in [0.15, 0.2) is 9.84 Å². The molecule has 0 bridgehead atoms. The van der Waals surface area contributed by atoms with E-state index in [0.717, 1.165) is 5.56 Å². The first kappa shape index (κ1) is 16.7. The van der Waals surface area contributed by atoms with E-state index in [9.17, 15) is 16.8 Å². The fourth-order valence-corrected chi connectivity index (χ4v) is 6.26. The lowest BCUT2D eigenvalue weighted by Gasteiger charge is -2.26. The Morgan fingerprint density at radius 1 is 1.38 bits per heavy atom. The second-order valence-corrected chi connectivity index (χ2v) is 9.70. The van der Waals surface area contributed by atoms with Gasteiger partial charge in [-0.25, -0.2) is 16.8 Å². The van der Waals surface area contributed by atoms with Gasteiger partial charge in [0.05, 0.1) is 16.4 Å². The molecule has 1 unspecified atom stereocenters. The minimum Gasteiger partial charge on any atom is -0.229 e. The molecule has 0 spiro atoms.